The highest BCUT2D eigenvalue weighted by Crippen LogP contribution is 2.50. The van der Waals surface area contributed by atoms with Crippen molar-refractivity contribution in [3.63, 3.8) is 0 Å². The molecule has 1 aliphatic rings. The lowest BCUT2D eigenvalue weighted by Crippen LogP contribution is -2.07. The third kappa shape index (κ3) is 1.71. The number of hydrogen-bond acceptors (Lipinski definition) is 1. The van der Waals surface area contributed by atoms with Crippen molar-refractivity contribution < 1.29 is 13.6 Å². The van der Waals surface area contributed by atoms with E-state index in [4.69, 9.17) is 0 Å². The van der Waals surface area contributed by atoms with E-state index in [9.17, 15) is 13.6 Å². The molecule has 0 aromatic heterocycles. The molecule has 0 aliphatic heterocycles. The second-order valence-corrected chi connectivity index (χ2v) is 4.30. The maximum atomic E-state index is 12.6. The summed E-state index contributed by atoms with van der Waals surface area (Å²) in [7, 11) is 0. The summed E-state index contributed by atoms with van der Waals surface area (Å²) in [5, 5.41) is 0. The molecule has 0 radical (unpaired) electrons. The third-order valence-corrected chi connectivity index (χ3v) is 2.80. The number of benzene rings is 1. The first-order valence-electron chi connectivity index (χ1n) is 4.18. The second-order valence-electron chi connectivity index (χ2n) is 3.39. The average Bonchev–Trinajstić information content (AvgIpc) is 2.75. The lowest BCUT2D eigenvalue weighted by Gasteiger charge is -1.99. The molecule has 1 aliphatic carbocycles. The van der Waals surface area contributed by atoms with Crippen LogP contribution >= 0.6 is 15.9 Å². The maximum Gasteiger partial charge on any atom is 0.259 e. The minimum Gasteiger partial charge on any atom is -0.294 e. The quantitative estimate of drug-likeness (QED) is 0.746. The van der Waals surface area contributed by atoms with Gasteiger partial charge in [-0.2, -0.15) is 0 Å². The van der Waals surface area contributed by atoms with E-state index in [0.717, 1.165) is 4.47 Å². The smallest absolute Gasteiger partial charge is 0.259 e. The predicted octanol–water partition coefficient (Wildman–Crippen LogP) is 3.29. The van der Waals surface area contributed by atoms with E-state index in [1.54, 1.807) is 24.3 Å². The Balaban J connectivity index is 2.17. The summed E-state index contributed by atoms with van der Waals surface area (Å²) < 4.78 is 26.0. The van der Waals surface area contributed by atoms with Gasteiger partial charge in [-0.05, 0) is 12.1 Å². The van der Waals surface area contributed by atoms with Gasteiger partial charge in [0, 0.05) is 16.5 Å². The van der Waals surface area contributed by atoms with Gasteiger partial charge >= 0.3 is 0 Å². The average molecular weight is 261 g/mol. The number of carbonyl (C=O) groups excluding carboxylic acids is 1. The Morgan fingerprint density at radius 2 is 1.86 bits per heavy atom. The number of alkyl halides is 2. The summed E-state index contributed by atoms with van der Waals surface area (Å²) in [5.74, 6) is -4.32. The van der Waals surface area contributed by atoms with Gasteiger partial charge in [-0.25, -0.2) is 8.78 Å². The van der Waals surface area contributed by atoms with Crippen molar-refractivity contribution in [3.05, 3.63) is 34.3 Å². The highest BCUT2D eigenvalue weighted by atomic mass is 79.9. The summed E-state index contributed by atoms with van der Waals surface area (Å²) in [6.45, 7) is 0. The fraction of sp³-hybridized carbons (Fsp3) is 0.300. The van der Waals surface area contributed by atoms with Crippen LogP contribution in [-0.2, 0) is 0 Å². The van der Waals surface area contributed by atoms with E-state index in [1.165, 1.54) is 0 Å². The van der Waals surface area contributed by atoms with Gasteiger partial charge in [0.25, 0.3) is 5.92 Å². The fourth-order valence-electron chi connectivity index (χ4n) is 1.31. The molecule has 0 spiro atoms. The van der Waals surface area contributed by atoms with Crippen LogP contribution in [0.15, 0.2) is 28.7 Å². The second kappa shape index (κ2) is 3.12. The molecule has 0 bridgehead atoms. The molecule has 74 valence electrons. The van der Waals surface area contributed by atoms with Crippen molar-refractivity contribution in [2.45, 2.75) is 12.3 Å². The largest absolute Gasteiger partial charge is 0.294 e. The minimum absolute atomic E-state index is 0.304. The molecule has 1 nitrogen and oxygen atoms in total. The van der Waals surface area contributed by atoms with Crippen LogP contribution in [-0.4, -0.2) is 11.7 Å². The molecule has 0 saturated heterocycles. The first-order chi connectivity index (χ1) is 6.50. The molecule has 1 fully saturated rings. The Morgan fingerprint density at radius 1 is 1.36 bits per heavy atom. The van der Waals surface area contributed by atoms with Crippen LogP contribution in [0.5, 0.6) is 0 Å². The van der Waals surface area contributed by atoms with Crippen LogP contribution in [0.2, 0.25) is 0 Å². The molecule has 1 aromatic rings. The molecule has 2 rings (SSSR count). The summed E-state index contributed by atoms with van der Waals surface area (Å²) in [6.07, 6.45) is -0.304. The number of rotatable bonds is 2. The van der Waals surface area contributed by atoms with E-state index < -0.39 is 17.6 Å². The number of Topliss-reactive ketones (excluding diaryl/α,β-unsaturated/α-hetero) is 1. The first kappa shape index (κ1) is 9.77. The van der Waals surface area contributed by atoms with E-state index >= 15 is 0 Å². The van der Waals surface area contributed by atoms with Crippen molar-refractivity contribution in [2.24, 2.45) is 5.92 Å². The van der Waals surface area contributed by atoms with Gasteiger partial charge in [0.05, 0.1) is 5.92 Å². The summed E-state index contributed by atoms with van der Waals surface area (Å²) in [5.41, 5.74) is 0.357. The lowest BCUT2D eigenvalue weighted by atomic mass is 10.1. The van der Waals surface area contributed by atoms with Crippen LogP contribution < -0.4 is 0 Å². The Bertz CT molecular complexity index is 372. The van der Waals surface area contributed by atoms with Crippen molar-refractivity contribution in [1.29, 1.82) is 0 Å². The van der Waals surface area contributed by atoms with E-state index in [0.29, 0.717) is 5.56 Å². The van der Waals surface area contributed by atoms with Crippen molar-refractivity contribution in [1.82, 2.24) is 0 Å². The van der Waals surface area contributed by atoms with Crippen LogP contribution in [0.3, 0.4) is 0 Å². The van der Waals surface area contributed by atoms with Crippen LogP contribution in [0.25, 0.3) is 0 Å². The van der Waals surface area contributed by atoms with Gasteiger partial charge in [-0.3, -0.25) is 4.79 Å². The zero-order valence-corrected chi connectivity index (χ0v) is 8.72. The maximum absolute atomic E-state index is 12.6. The molecule has 1 saturated carbocycles. The molecular formula is C10H7BrF2O. The van der Waals surface area contributed by atoms with Crippen LogP contribution in [0.4, 0.5) is 8.78 Å². The number of carbonyl (C=O) groups is 1. The van der Waals surface area contributed by atoms with Gasteiger partial charge in [0.1, 0.15) is 0 Å². The molecule has 1 aromatic carbocycles. The Hall–Kier alpha value is -0.770. The van der Waals surface area contributed by atoms with Gasteiger partial charge in [0.2, 0.25) is 0 Å². The Kier molecular flexibility index (Phi) is 2.18. The highest BCUT2D eigenvalue weighted by molar-refractivity contribution is 9.10. The monoisotopic (exact) mass is 260 g/mol. The van der Waals surface area contributed by atoms with Crippen LogP contribution in [0, 0.1) is 5.92 Å². The van der Waals surface area contributed by atoms with Gasteiger partial charge in [0.15, 0.2) is 5.78 Å². The zero-order valence-electron chi connectivity index (χ0n) is 7.14. The Labute approximate surface area is 88.2 Å². The van der Waals surface area contributed by atoms with E-state index in [-0.39, 0.29) is 6.42 Å². The fourth-order valence-corrected chi connectivity index (χ4v) is 1.58. The molecule has 4 heteroatoms. The molecular weight excluding hydrogens is 254 g/mol. The summed E-state index contributed by atoms with van der Waals surface area (Å²) in [4.78, 5) is 11.4. The predicted molar refractivity (Wildman–Crippen MR) is 51.5 cm³/mol. The van der Waals surface area contributed by atoms with E-state index in [2.05, 4.69) is 15.9 Å². The standard InChI is InChI=1S/C10H7BrF2O/c11-7-3-1-6(2-4-7)9(14)8-5-10(8,12)13/h1-4,8H,5H2/t8-/m1/s1. The van der Waals surface area contributed by atoms with Crippen molar-refractivity contribution >= 4 is 21.7 Å². The van der Waals surface area contributed by atoms with Gasteiger partial charge in [-0.1, -0.05) is 28.1 Å². The normalized spacial score (nSPS) is 23.2. The number of hydrogen-bond donors (Lipinski definition) is 0. The molecule has 0 heterocycles. The van der Waals surface area contributed by atoms with Crippen molar-refractivity contribution in [3.8, 4) is 0 Å². The molecule has 14 heavy (non-hydrogen) atoms. The lowest BCUT2D eigenvalue weighted by molar-refractivity contribution is 0.0757. The first-order valence-corrected chi connectivity index (χ1v) is 4.97. The molecule has 0 N–H and O–H groups in total. The van der Waals surface area contributed by atoms with Crippen molar-refractivity contribution in [2.75, 3.05) is 0 Å². The zero-order chi connectivity index (χ0) is 10.3. The topological polar surface area (TPSA) is 17.1 Å². The molecule has 1 atom stereocenters. The van der Waals surface area contributed by atoms with E-state index in [1.807, 2.05) is 0 Å². The summed E-state index contributed by atoms with van der Waals surface area (Å²) >= 11 is 3.21. The van der Waals surface area contributed by atoms with Gasteiger partial charge < -0.3 is 0 Å². The molecule has 0 unspecified atom stereocenters. The number of halogens is 3. The number of ketones is 1. The highest BCUT2D eigenvalue weighted by Gasteiger charge is 2.60. The third-order valence-electron chi connectivity index (χ3n) is 2.27. The molecule has 0 amide bonds. The minimum atomic E-state index is -2.77. The SMILES string of the molecule is O=C(c1ccc(Br)cc1)[C@H]1CC1(F)F. The summed E-state index contributed by atoms with van der Waals surface area (Å²) in [6, 6.07) is 6.46. The van der Waals surface area contributed by atoms with Gasteiger partial charge in [-0.15, -0.1) is 0 Å². The van der Waals surface area contributed by atoms with Crippen LogP contribution in [0.1, 0.15) is 16.8 Å². The Morgan fingerprint density at radius 3 is 2.29 bits per heavy atom.